The fraction of sp³-hybridized carbons (Fsp3) is 0.857. The highest BCUT2D eigenvalue weighted by molar-refractivity contribution is 5.85. The summed E-state index contributed by atoms with van der Waals surface area (Å²) in [5, 5.41) is 9.30. The molecule has 0 radical (unpaired) electrons. The van der Waals surface area contributed by atoms with E-state index in [1.54, 1.807) is 4.90 Å². The maximum Gasteiger partial charge on any atom is 0.307 e. The third-order valence-electron chi connectivity index (χ3n) is 4.64. The van der Waals surface area contributed by atoms with Crippen molar-refractivity contribution in [1.82, 2.24) is 4.90 Å². The van der Waals surface area contributed by atoms with Crippen molar-refractivity contribution in [2.45, 2.75) is 45.1 Å². The second-order valence-electron chi connectivity index (χ2n) is 5.98. The van der Waals surface area contributed by atoms with Gasteiger partial charge in [-0.2, -0.15) is 0 Å². The van der Waals surface area contributed by atoms with Gasteiger partial charge in [0.25, 0.3) is 0 Å². The molecule has 1 aliphatic heterocycles. The van der Waals surface area contributed by atoms with Crippen LogP contribution in [0.25, 0.3) is 0 Å². The van der Waals surface area contributed by atoms with Gasteiger partial charge in [-0.05, 0) is 31.6 Å². The number of carboxylic acid groups (broad SMARTS) is 1. The number of nitrogens with two attached hydrogens (primary N) is 1. The van der Waals surface area contributed by atoms with Crippen molar-refractivity contribution in [1.29, 1.82) is 0 Å². The van der Waals surface area contributed by atoms with Crippen LogP contribution in [0, 0.1) is 17.8 Å². The van der Waals surface area contributed by atoms with Crippen LogP contribution in [-0.4, -0.2) is 41.0 Å². The Balaban J connectivity index is 2.05. The van der Waals surface area contributed by atoms with Crippen molar-refractivity contribution in [3.05, 3.63) is 0 Å². The highest BCUT2D eigenvalue weighted by atomic mass is 16.4. The summed E-state index contributed by atoms with van der Waals surface area (Å²) >= 11 is 0. The topological polar surface area (TPSA) is 83.6 Å². The molecule has 0 aromatic heterocycles. The Bertz CT molecular complexity index is 359. The maximum absolute atomic E-state index is 12.5. The molecule has 1 aliphatic carbocycles. The summed E-state index contributed by atoms with van der Waals surface area (Å²) in [4.78, 5) is 25.6. The molecule has 0 aromatic rings. The molecule has 2 rings (SSSR count). The zero-order valence-electron chi connectivity index (χ0n) is 11.5. The molecule has 108 valence electrons. The molecular formula is C14H24N2O3. The van der Waals surface area contributed by atoms with Gasteiger partial charge in [0.05, 0.1) is 11.8 Å². The van der Waals surface area contributed by atoms with Crippen LogP contribution in [0.3, 0.4) is 0 Å². The first-order valence-electron chi connectivity index (χ1n) is 7.30. The minimum Gasteiger partial charge on any atom is -0.481 e. The van der Waals surface area contributed by atoms with Crippen LogP contribution in [-0.2, 0) is 9.59 Å². The highest BCUT2D eigenvalue weighted by Crippen LogP contribution is 2.39. The summed E-state index contributed by atoms with van der Waals surface area (Å²) in [6.45, 7) is 3.37. The number of nitrogens with zero attached hydrogens (tertiary/aromatic N) is 1. The van der Waals surface area contributed by atoms with E-state index in [1.807, 2.05) is 0 Å². The van der Waals surface area contributed by atoms with Gasteiger partial charge < -0.3 is 15.7 Å². The number of piperidine rings is 1. The molecule has 1 saturated carbocycles. The van der Waals surface area contributed by atoms with Crippen LogP contribution in [0.1, 0.15) is 39.0 Å². The molecule has 2 unspecified atom stereocenters. The fourth-order valence-electron chi connectivity index (χ4n) is 3.47. The second-order valence-corrected chi connectivity index (χ2v) is 5.98. The average Bonchev–Trinajstić information content (AvgIpc) is 2.82. The lowest BCUT2D eigenvalue weighted by Crippen LogP contribution is -2.48. The van der Waals surface area contributed by atoms with Crippen LogP contribution in [0.4, 0.5) is 0 Å². The number of rotatable bonds is 3. The number of aliphatic carboxylic acids is 1. The zero-order valence-corrected chi connectivity index (χ0v) is 11.5. The Morgan fingerprint density at radius 3 is 2.58 bits per heavy atom. The lowest BCUT2D eigenvalue weighted by atomic mass is 9.93. The van der Waals surface area contributed by atoms with Crippen molar-refractivity contribution in [2.75, 3.05) is 13.1 Å². The lowest BCUT2D eigenvalue weighted by molar-refractivity contribution is -0.149. The molecule has 0 spiro atoms. The van der Waals surface area contributed by atoms with Gasteiger partial charge in [-0.1, -0.05) is 13.3 Å². The van der Waals surface area contributed by atoms with E-state index in [-0.39, 0.29) is 17.9 Å². The van der Waals surface area contributed by atoms with E-state index in [2.05, 4.69) is 6.92 Å². The van der Waals surface area contributed by atoms with Crippen LogP contribution in [0.15, 0.2) is 0 Å². The normalized spacial score (nSPS) is 35.4. The maximum atomic E-state index is 12.5. The minimum atomic E-state index is -0.824. The van der Waals surface area contributed by atoms with E-state index >= 15 is 0 Å². The summed E-state index contributed by atoms with van der Waals surface area (Å²) in [5.74, 6) is -1.29. The quantitative estimate of drug-likeness (QED) is 0.802. The van der Waals surface area contributed by atoms with Crippen LogP contribution < -0.4 is 5.73 Å². The van der Waals surface area contributed by atoms with Gasteiger partial charge in [-0.3, -0.25) is 9.59 Å². The average molecular weight is 268 g/mol. The predicted molar refractivity (Wildman–Crippen MR) is 71.4 cm³/mol. The van der Waals surface area contributed by atoms with Crippen LogP contribution in [0.2, 0.25) is 0 Å². The molecule has 19 heavy (non-hydrogen) atoms. The second kappa shape index (κ2) is 5.90. The Hall–Kier alpha value is -1.10. The number of carbonyl (C=O) groups is 2. The lowest BCUT2D eigenvalue weighted by Gasteiger charge is -2.33. The predicted octanol–water partition coefficient (Wildman–Crippen LogP) is 1.07. The number of likely N-dealkylation sites (tertiary alicyclic amines) is 1. The van der Waals surface area contributed by atoms with Gasteiger partial charge in [-0.25, -0.2) is 0 Å². The number of hydrogen-bond acceptors (Lipinski definition) is 3. The molecule has 1 heterocycles. The first kappa shape index (κ1) is 14.3. The molecule has 2 fully saturated rings. The van der Waals surface area contributed by atoms with Gasteiger partial charge in [0.2, 0.25) is 5.91 Å². The monoisotopic (exact) mass is 268 g/mol. The highest BCUT2D eigenvalue weighted by Gasteiger charge is 2.43. The van der Waals surface area contributed by atoms with Crippen molar-refractivity contribution < 1.29 is 14.7 Å². The third kappa shape index (κ3) is 3.08. The van der Waals surface area contributed by atoms with Gasteiger partial charge >= 0.3 is 5.97 Å². The van der Waals surface area contributed by atoms with Crippen molar-refractivity contribution in [3.63, 3.8) is 0 Å². The Kier molecular flexibility index (Phi) is 4.45. The van der Waals surface area contributed by atoms with E-state index in [0.29, 0.717) is 18.9 Å². The van der Waals surface area contributed by atoms with Gasteiger partial charge in [0.1, 0.15) is 0 Å². The Morgan fingerprint density at radius 1 is 1.32 bits per heavy atom. The summed E-state index contributed by atoms with van der Waals surface area (Å²) in [7, 11) is 0. The standard InChI is InChI=1S/C14H24N2O3/c1-2-9-6-11(12(7-9)14(18)19)13(17)16-5-3-4-10(15)8-16/h9-12H,2-8,15H2,1H3,(H,18,19)/t9?,10?,11-,12+/m0/s1. The summed E-state index contributed by atoms with van der Waals surface area (Å²) in [6, 6.07) is 0.0457. The van der Waals surface area contributed by atoms with Gasteiger partial charge in [-0.15, -0.1) is 0 Å². The molecule has 1 saturated heterocycles. The SMILES string of the molecule is CCC1C[C@H](C(=O)N2CCCC(N)C2)[C@H](C(=O)O)C1. The van der Waals surface area contributed by atoms with Crippen LogP contribution >= 0.6 is 0 Å². The summed E-state index contributed by atoms with van der Waals surface area (Å²) < 4.78 is 0. The first-order chi connectivity index (χ1) is 9.02. The van der Waals surface area contributed by atoms with Crippen molar-refractivity contribution in [2.24, 2.45) is 23.5 Å². The van der Waals surface area contributed by atoms with Gasteiger partial charge in [0.15, 0.2) is 0 Å². The number of carbonyl (C=O) groups excluding carboxylic acids is 1. The first-order valence-corrected chi connectivity index (χ1v) is 7.30. The fourth-order valence-corrected chi connectivity index (χ4v) is 3.47. The molecule has 1 amide bonds. The minimum absolute atomic E-state index is 0.0125. The Morgan fingerprint density at radius 2 is 2.00 bits per heavy atom. The molecule has 0 aromatic carbocycles. The molecule has 4 atom stereocenters. The molecule has 5 nitrogen and oxygen atoms in total. The molecular weight excluding hydrogens is 244 g/mol. The van der Waals surface area contributed by atoms with Crippen molar-refractivity contribution in [3.8, 4) is 0 Å². The largest absolute Gasteiger partial charge is 0.481 e. The summed E-state index contributed by atoms with van der Waals surface area (Å²) in [5.41, 5.74) is 5.90. The van der Waals surface area contributed by atoms with E-state index < -0.39 is 11.9 Å². The molecule has 2 aliphatic rings. The Labute approximate surface area is 114 Å². The number of carboxylic acids is 1. The van der Waals surface area contributed by atoms with Crippen LogP contribution in [0.5, 0.6) is 0 Å². The van der Waals surface area contributed by atoms with E-state index in [9.17, 15) is 14.7 Å². The number of amides is 1. The van der Waals surface area contributed by atoms with E-state index in [0.717, 1.165) is 32.2 Å². The summed E-state index contributed by atoms with van der Waals surface area (Å²) in [6.07, 6.45) is 4.19. The smallest absolute Gasteiger partial charge is 0.307 e. The zero-order chi connectivity index (χ0) is 14.0. The molecule has 3 N–H and O–H groups in total. The van der Waals surface area contributed by atoms with E-state index in [1.165, 1.54) is 0 Å². The number of hydrogen-bond donors (Lipinski definition) is 2. The molecule has 0 bridgehead atoms. The molecule has 5 heteroatoms. The van der Waals surface area contributed by atoms with Crippen molar-refractivity contribution >= 4 is 11.9 Å². The van der Waals surface area contributed by atoms with E-state index in [4.69, 9.17) is 5.73 Å². The third-order valence-corrected chi connectivity index (χ3v) is 4.64. The van der Waals surface area contributed by atoms with Gasteiger partial charge in [0, 0.05) is 19.1 Å².